The Bertz CT molecular complexity index is 506. The number of hydrogen-bond acceptors (Lipinski definition) is 4. The molecule has 0 unspecified atom stereocenters. The molecule has 0 aromatic carbocycles. The molecule has 0 aliphatic rings. The molecule has 0 spiro atoms. The molecule has 0 saturated heterocycles. The van der Waals surface area contributed by atoms with Crippen molar-refractivity contribution in [1.29, 1.82) is 0 Å². The van der Waals surface area contributed by atoms with Gasteiger partial charge < -0.3 is 5.32 Å². The Morgan fingerprint density at radius 2 is 2.21 bits per heavy atom. The first kappa shape index (κ1) is 16.4. The monoisotopic (exact) mass is 302 g/mol. The lowest BCUT2D eigenvalue weighted by Crippen LogP contribution is -2.32. The van der Waals surface area contributed by atoms with E-state index in [2.05, 4.69) is 11.9 Å². The van der Waals surface area contributed by atoms with Crippen molar-refractivity contribution in [1.82, 2.24) is 9.62 Å². The Hall–Kier alpha value is -0.690. The molecule has 1 aromatic rings. The van der Waals surface area contributed by atoms with E-state index in [4.69, 9.17) is 0 Å². The molecule has 4 nitrogen and oxygen atoms in total. The van der Waals surface area contributed by atoms with Gasteiger partial charge in [0.2, 0.25) is 10.0 Å². The minimum Gasteiger partial charge on any atom is -0.310 e. The Morgan fingerprint density at radius 1 is 1.53 bits per heavy atom. The Labute approximate surface area is 120 Å². The number of nitrogens with one attached hydrogen (secondary N) is 1. The van der Waals surface area contributed by atoms with E-state index in [9.17, 15) is 8.42 Å². The van der Waals surface area contributed by atoms with Crippen molar-refractivity contribution in [2.45, 2.75) is 38.3 Å². The van der Waals surface area contributed by atoms with Crippen LogP contribution in [0.2, 0.25) is 0 Å². The molecule has 1 N–H and O–H groups in total. The van der Waals surface area contributed by atoms with Crippen LogP contribution in [0.15, 0.2) is 29.0 Å². The summed E-state index contributed by atoms with van der Waals surface area (Å²) in [6, 6.07) is 2.01. The summed E-state index contributed by atoms with van der Waals surface area (Å²) >= 11 is 1.47. The standard InChI is InChI=1S/C13H22N2O2S2/c1-5-8-15(6-2)19(16,17)13-7-9-18-12(13)10-14-11(3)4/h5,7,9,11,14H,1,6,8,10H2,2-4H3. The molecule has 0 bridgehead atoms. The zero-order valence-corrected chi connectivity index (χ0v) is 13.4. The van der Waals surface area contributed by atoms with Crippen molar-refractivity contribution in [3.63, 3.8) is 0 Å². The molecule has 19 heavy (non-hydrogen) atoms. The van der Waals surface area contributed by atoms with E-state index in [1.807, 2.05) is 26.2 Å². The SMILES string of the molecule is C=CCN(CC)S(=O)(=O)c1ccsc1CNC(C)C. The molecule has 1 rings (SSSR count). The van der Waals surface area contributed by atoms with E-state index in [1.165, 1.54) is 15.6 Å². The Morgan fingerprint density at radius 3 is 2.74 bits per heavy atom. The average Bonchev–Trinajstić information content (AvgIpc) is 2.82. The van der Waals surface area contributed by atoms with E-state index in [0.717, 1.165) is 4.88 Å². The second-order valence-electron chi connectivity index (χ2n) is 4.49. The first-order chi connectivity index (χ1) is 8.93. The molecule has 0 atom stereocenters. The van der Waals surface area contributed by atoms with Gasteiger partial charge in [-0.2, -0.15) is 4.31 Å². The van der Waals surface area contributed by atoms with Crippen LogP contribution >= 0.6 is 11.3 Å². The first-order valence-electron chi connectivity index (χ1n) is 6.34. The summed E-state index contributed by atoms with van der Waals surface area (Å²) in [7, 11) is -3.42. The van der Waals surface area contributed by atoms with Gasteiger partial charge in [0.15, 0.2) is 0 Å². The summed E-state index contributed by atoms with van der Waals surface area (Å²) in [6.45, 7) is 10.9. The fraction of sp³-hybridized carbons (Fsp3) is 0.538. The zero-order valence-electron chi connectivity index (χ0n) is 11.7. The topological polar surface area (TPSA) is 49.4 Å². The minimum atomic E-state index is -3.42. The number of sulfonamides is 1. The van der Waals surface area contributed by atoms with E-state index in [1.54, 1.807) is 12.1 Å². The van der Waals surface area contributed by atoms with E-state index >= 15 is 0 Å². The Balaban J connectivity index is 3.01. The van der Waals surface area contributed by atoms with Gasteiger partial charge in [-0.15, -0.1) is 17.9 Å². The van der Waals surface area contributed by atoms with Crippen LogP contribution in [0.5, 0.6) is 0 Å². The van der Waals surface area contributed by atoms with Crippen LogP contribution < -0.4 is 5.32 Å². The molecule has 0 aliphatic heterocycles. The third-order valence-electron chi connectivity index (χ3n) is 2.68. The lowest BCUT2D eigenvalue weighted by atomic mass is 10.4. The highest BCUT2D eigenvalue weighted by atomic mass is 32.2. The van der Waals surface area contributed by atoms with Crippen molar-refractivity contribution in [2.24, 2.45) is 0 Å². The number of thiophene rings is 1. The molecular formula is C13H22N2O2S2. The molecule has 1 heterocycles. The highest BCUT2D eigenvalue weighted by Gasteiger charge is 2.25. The largest absolute Gasteiger partial charge is 0.310 e. The summed E-state index contributed by atoms with van der Waals surface area (Å²) in [6.07, 6.45) is 1.61. The first-order valence-corrected chi connectivity index (χ1v) is 8.66. The number of rotatable bonds is 8. The van der Waals surface area contributed by atoms with Gasteiger partial charge in [-0.1, -0.05) is 26.8 Å². The molecule has 6 heteroatoms. The lowest BCUT2D eigenvalue weighted by molar-refractivity contribution is 0.459. The number of likely N-dealkylation sites (N-methyl/N-ethyl adjacent to an activating group) is 1. The third kappa shape index (κ3) is 4.14. The minimum absolute atomic E-state index is 0.327. The average molecular weight is 302 g/mol. The van der Waals surface area contributed by atoms with Crippen LogP contribution in [-0.4, -0.2) is 31.9 Å². The van der Waals surface area contributed by atoms with Gasteiger partial charge in [0.1, 0.15) is 0 Å². The van der Waals surface area contributed by atoms with Crippen LogP contribution in [0, 0.1) is 0 Å². The maximum atomic E-state index is 12.5. The quantitative estimate of drug-likeness (QED) is 0.750. The molecule has 0 saturated carbocycles. The van der Waals surface area contributed by atoms with Crippen LogP contribution in [0.4, 0.5) is 0 Å². The fourth-order valence-corrected chi connectivity index (χ4v) is 4.45. The number of hydrogen-bond donors (Lipinski definition) is 1. The van der Waals surface area contributed by atoms with Gasteiger partial charge in [0.25, 0.3) is 0 Å². The second kappa shape index (κ2) is 7.19. The second-order valence-corrected chi connectivity index (χ2v) is 7.40. The molecule has 0 amide bonds. The normalized spacial score (nSPS) is 12.3. The fourth-order valence-electron chi connectivity index (χ4n) is 1.66. The van der Waals surface area contributed by atoms with Gasteiger partial charge in [-0.3, -0.25) is 0 Å². The van der Waals surface area contributed by atoms with E-state index < -0.39 is 10.0 Å². The van der Waals surface area contributed by atoms with Crippen LogP contribution in [0.25, 0.3) is 0 Å². The molecule has 0 fully saturated rings. The van der Waals surface area contributed by atoms with Crippen molar-refractivity contribution < 1.29 is 8.42 Å². The summed E-state index contributed by atoms with van der Waals surface area (Å²) in [5.74, 6) is 0. The van der Waals surface area contributed by atoms with Crippen molar-refractivity contribution in [2.75, 3.05) is 13.1 Å². The Kier molecular flexibility index (Phi) is 6.19. The third-order valence-corrected chi connectivity index (χ3v) is 5.75. The van der Waals surface area contributed by atoms with Crippen molar-refractivity contribution in [3.05, 3.63) is 29.0 Å². The predicted octanol–water partition coefficient (Wildman–Crippen LogP) is 2.44. The summed E-state index contributed by atoms with van der Waals surface area (Å²) in [5, 5.41) is 5.08. The summed E-state index contributed by atoms with van der Waals surface area (Å²) in [5.41, 5.74) is 0. The molecule has 0 aliphatic carbocycles. The summed E-state index contributed by atoms with van der Waals surface area (Å²) in [4.78, 5) is 1.27. The van der Waals surface area contributed by atoms with E-state index in [-0.39, 0.29) is 0 Å². The summed E-state index contributed by atoms with van der Waals surface area (Å²) < 4.78 is 26.5. The zero-order chi connectivity index (χ0) is 14.5. The molecular weight excluding hydrogens is 280 g/mol. The van der Waals surface area contributed by atoms with Crippen LogP contribution in [0.3, 0.4) is 0 Å². The van der Waals surface area contributed by atoms with Gasteiger partial charge in [0.05, 0.1) is 4.90 Å². The van der Waals surface area contributed by atoms with Crippen molar-refractivity contribution >= 4 is 21.4 Å². The van der Waals surface area contributed by atoms with Crippen molar-refractivity contribution in [3.8, 4) is 0 Å². The van der Waals surface area contributed by atoms with Gasteiger partial charge in [0, 0.05) is 30.6 Å². The van der Waals surface area contributed by atoms with Crippen LogP contribution in [-0.2, 0) is 16.6 Å². The van der Waals surface area contributed by atoms with Gasteiger partial charge in [-0.25, -0.2) is 8.42 Å². The predicted molar refractivity (Wildman–Crippen MR) is 80.9 cm³/mol. The number of nitrogens with zero attached hydrogens (tertiary/aromatic N) is 1. The van der Waals surface area contributed by atoms with E-state index in [0.29, 0.717) is 30.6 Å². The molecule has 1 aromatic heterocycles. The molecule has 108 valence electrons. The van der Waals surface area contributed by atoms with Gasteiger partial charge >= 0.3 is 0 Å². The van der Waals surface area contributed by atoms with Gasteiger partial charge in [-0.05, 0) is 11.4 Å². The lowest BCUT2D eigenvalue weighted by Gasteiger charge is -2.19. The smallest absolute Gasteiger partial charge is 0.244 e. The molecule has 0 radical (unpaired) electrons. The highest BCUT2D eigenvalue weighted by molar-refractivity contribution is 7.89. The maximum absolute atomic E-state index is 12.5. The maximum Gasteiger partial charge on any atom is 0.244 e. The van der Waals surface area contributed by atoms with Crippen LogP contribution in [0.1, 0.15) is 25.6 Å². The highest BCUT2D eigenvalue weighted by Crippen LogP contribution is 2.25.